The molecular weight excluding hydrogens is 236 g/mol. The summed E-state index contributed by atoms with van der Waals surface area (Å²) in [5.74, 6) is 1.30. The van der Waals surface area contributed by atoms with Crippen molar-refractivity contribution in [3.63, 3.8) is 0 Å². The van der Waals surface area contributed by atoms with Crippen LogP contribution in [0.25, 0.3) is 0 Å². The van der Waals surface area contributed by atoms with Gasteiger partial charge in [0.2, 0.25) is 5.95 Å². The van der Waals surface area contributed by atoms with Crippen molar-refractivity contribution < 1.29 is 14.2 Å². The Morgan fingerprint density at radius 1 is 1.50 bits per heavy atom. The zero-order chi connectivity index (χ0) is 12.6. The van der Waals surface area contributed by atoms with E-state index in [2.05, 4.69) is 20.5 Å². The van der Waals surface area contributed by atoms with E-state index in [0.717, 1.165) is 26.0 Å². The summed E-state index contributed by atoms with van der Waals surface area (Å²) in [5.41, 5.74) is 0. The minimum atomic E-state index is 0.282. The van der Waals surface area contributed by atoms with Gasteiger partial charge < -0.3 is 19.5 Å². The third kappa shape index (κ3) is 4.25. The summed E-state index contributed by atoms with van der Waals surface area (Å²) in [6, 6.07) is 0. The smallest absolute Gasteiger partial charge is 0.242 e. The Balaban J connectivity index is 1.65. The molecule has 0 bridgehead atoms. The molecule has 1 aliphatic heterocycles. The Morgan fingerprint density at radius 3 is 3.22 bits per heavy atom. The summed E-state index contributed by atoms with van der Waals surface area (Å²) < 4.78 is 15.7. The second kappa shape index (κ2) is 7.30. The van der Waals surface area contributed by atoms with E-state index in [4.69, 9.17) is 14.2 Å². The Bertz CT molecular complexity index is 339. The lowest BCUT2D eigenvalue weighted by Gasteiger charge is -2.08. The minimum Gasteiger partial charge on any atom is -0.382 e. The number of ether oxygens (including phenoxy) is 3. The first-order valence-corrected chi connectivity index (χ1v) is 6.22. The number of aromatic amines is 1. The van der Waals surface area contributed by atoms with Crippen LogP contribution in [-0.4, -0.2) is 54.8 Å². The standard InChI is InChI=1S/C11H20N4O3/c1-16-5-6-17-8-10-13-11(15-14-10)12-7-9-3-2-4-18-9/h9H,2-8H2,1H3,(H2,12,13,14,15). The molecule has 0 amide bonds. The zero-order valence-corrected chi connectivity index (χ0v) is 10.6. The number of hydrogen-bond acceptors (Lipinski definition) is 6. The van der Waals surface area contributed by atoms with Gasteiger partial charge in [-0.25, -0.2) is 0 Å². The lowest BCUT2D eigenvalue weighted by molar-refractivity contribution is 0.0587. The number of nitrogens with one attached hydrogen (secondary N) is 2. The monoisotopic (exact) mass is 256 g/mol. The van der Waals surface area contributed by atoms with Crippen LogP contribution < -0.4 is 5.32 Å². The highest BCUT2D eigenvalue weighted by molar-refractivity contribution is 5.22. The molecule has 2 heterocycles. The molecule has 1 unspecified atom stereocenters. The molecule has 1 aromatic heterocycles. The van der Waals surface area contributed by atoms with E-state index < -0.39 is 0 Å². The first kappa shape index (κ1) is 13.3. The summed E-state index contributed by atoms with van der Waals surface area (Å²) in [7, 11) is 1.64. The second-order valence-corrected chi connectivity index (χ2v) is 4.17. The van der Waals surface area contributed by atoms with Crippen LogP contribution in [0.1, 0.15) is 18.7 Å². The molecule has 0 aliphatic carbocycles. The predicted molar refractivity (Wildman–Crippen MR) is 65.4 cm³/mol. The molecule has 7 nitrogen and oxygen atoms in total. The minimum absolute atomic E-state index is 0.282. The number of aromatic nitrogens is 3. The molecule has 1 saturated heterocycles. The number of anilines is 1. The van der Waals surface area contributed by atoms with E-state index in [9.17, 15) is 0 Å². The predicted octanol–water partition coefficient (Wildman–Crippen LogP) is 0.559. The van der Waals surface area contributed by atoms with Crippen molar-refractivity contribution >= 4 is 5.95 Å². The van der Waals surface area contributed by atoms with E-state index in [0.29, 0.717) is 31.6 Å². The van der Waals surface area contributed by atoms with Gasteiger partial charge >= 0.3 is 0 Å². The second-order valence-electron chi connectivity index (χ2n) is 4.17. The van der Waals surface area contributed by atoms with Crippen LogP contribution in [0.2, 0.25) is 0 Å². The number of rotatable bonds is 8. The van der Waals surface area contributed by atoms with E-state index in [1.807, 2.05) is 0 Å². The zero-order valence-electron chi connectivity index (χ0n) is 10.6. The molecule has 0 saturated carbocycles. The third-order valence-corrected chi connectivity index (χ3v) is 2.71. The van der Waals surface area contributed by atoms with Gasteiger partial charge in [-0.3, -0.25) is 5.10 Å². The molecule has 1 fully saturated rings. The molecule has 7 heteroatoms. The van der Waals surface area contributed by atoms with Crippen molar-refractivity contribution in [1.29, 1.82) is 0 Å². The largest absolute Gasteiger partial charge is 0.382 e. The van der Waals surface area contributed by atoms with Crippen molar-refractivity contribution in [2.24, 2.45) is 0 Å². The van der Waals surface area contributed by atoms with Gasteiger partial charge in [-0.1, -0.05) is 0 Å². The van der Waals surface area contributed by atoms with Crippen LogP contribution >= 0.6 is 0 Å². The van der Waals surface area contributed by atoms with Crippen molar-refractivity contribution in [2.75, 3.05) is 38.8 Å². The van der Waals surface area contributed by atoms with Gasteiger partial charge in [0.25, 0.3) is 0 Å². The van der Waals surface area contributed by atoms with E-state index in [1.165, 1.54) is 0 Å². The maximum Gasteiger partial charge on any atom is 0.242 e. The van der Waals surface area contributed by atoms with Crippen LogP contribution in [0.3, 0.4) is 0 Å². The molecule has 1 aromatic rings. The number of methoxy groups -OCH3 is 1. The van der Waals surface area contributed by atoms with Gasteiger partial charge in [-0.15, -0.1) is 5.10 Å². The Hall–Kier alpha value is -1.18. The highest BCUT2D eigenvalue weighted by Gasteiger charge is 2.15. The molecule has 18 heavy (non-hydrogen) atoms. The summed E-state index contributed by atoms with van der Waals surface area (Å²) in [4.78, 5) is 4.27. The number of nitrogens with zero attached hydrogens (tertiary/aromatic N) is 2. The van der Waals surface area contributed by atoms with Gasteiger partial charge in [0.1, 0.15) is 6.61 Å². The quantitative estimate of drug-likeness (QED) is 0.661. The van der Waals surface area contributed by atoms with Crippen molar-refractivity contribution in [1.82, 2.24) is 15.2 Å². The SMILES string of the molecule is COCCOCc1nc(NCC2CCCO2)n[nH]1. The topological polar surface area (TPSA) is 81.3 Å². The molecule has 2 N–H and O–H groups in total. The summed E-state index contributed by atoms with van der Waals surface area (Å²) in [6.45, 7) is 3.16. The van der Waals surface area contributed by atoms with E-state index in [1.54, 1.807) is 7.11 Å². The maximum absolute atomic E-state index is 5.51. The first-order valence-electron chi connectivity index (χ1n) is 6.22. The average Bonchev–Trinajstić information content (AvgIpc) is 3.03. The van der Waals surface area contributed by atoms with Gasteiger partial charge in [0, 0.05) is 20.3 Å². The van der Waals surface area contributed by atoms with Crippen LogP contribution in [-0.2, 0) is 20.8 Å². The Kier molecular flexibility index (Phi) is 5.37. The molecule has 0 aromatic carbocycles. The summed E-state index contributed by atoms with van der Waals surface area (Å²) >= 11 is 0. The Morgan fingerprint density at radius 2 is 2.44 bits per heavy atom. The highest BCUT2D eigenvalue weighted by atomic mass is 16.5. The summed E-state index contributed by atoms with van der Waals surface area (Å²) in [5, 5.41) is 10.0. The summed E-state index contributed by atoms with van der Waals surface area (Å²) in [6.07, 6.45) is 2.52. The van der Waals surface area contributed by atoms with Gasteiger partial charge in [-0.05, 0) is 12.8 Å². The lowest BCUT2D eigenvalue weighted by Crippen LogP contribution is -2.18. The maximum atomic E-state index is 5.51. The molecule has 102 valence electrons. The van der Waals surface area contributed by atoms with Crippen molar-refractivity contribution in [3.8, 4) is 0 Å². The fraction of sp³-hybridized carbons (Fsp3) is 0.818. The van der Waals surface area contributed by atoms with E-state index in [-0.39, 0.29) is 6.10 Å². The lowest BCUT2D eigenvalue weighted by atomic mass is 10.2. The van der Waals surface area contributed by atoms with E-state index >= 15 is 0 Å². The van der Waals surface area contributed by atoms with Crippen LogP contribution in [0, 0.1) is 0 Å². The number of H-pyrrole nitrogens is 1. The van der Waals surface area contributed by atoms with Gasteiger partial charge in [0.05, 0.1) is 19.3 Å². The molecule has 1 aliphatic rings. The van der Waals surface area contributed by atoms with Gasteiger partial charge in [-0.2, -0.15) is 4.98 Å². The Labute approximate surface area is 106 Å². The van der Waals surface area contributed by atoms with Crippen molar-refractivity contribution in [3.05, 3.63) is 5.82 Å². The van der Waals surface area contributed by atoms with Crippen LogP contribution in [0.15, 0.2) is 0 Å². The molecule has 0 radical (unpaired) electrons. The number of hydrogen-bond donors (Lipinski definition) is 2. The first-order chi connectivity index (χ1) is 8.88. The van der Waals surface area contributed by atoms with Crippen molar-refractivity contribution in [2.45, 2.75) is 25.6 Å². The fourth-order valence-electron chi connectivity index (χ4n) is 1.76. The molecule has 0 spiro atoms. The molecule has 1 atom stereocenters. The normalized spacial score (nSPS) is 19.3. The molecular formula is C11H20N4O3. The van der Waals surface area contributed by atoms with Crippen LogP contribution in [0.4, 0.5) is 5.95 Å². The average molecular weight is 256 g/mol. The van der Waals surface area contributed by atoms with Gasteiger partial charge in [0.15, 0.2) is 5.82 Å². The molecule has 2 rings (SSSR count). The van der Waals surface area contributed by atoms with Crippen LogP contribution in [0.5, 0.6) is 0 Å². The highest BCUT2D eigenvalue weighted by Crippen LogP contribution is 2.12. The third-order valence-electron chi connectivity index (χ3n) is 2.71. The fourth-order valence-corrected chi connectivity index (χ4v) is 1.76.